The van der Waals surface area contributed by atoms with Crippen LogP contribution in [0.25, 0.3) is 0 Å². The summed E-state index contributed by atoms with van der Waals surface area (Å²) < 4.78 is 0. The fourth-order valence-corrected chi connectivity index (χ4v) is 1.76. The minimum Gasteiger partial charge on any atom is -0.368 e. The van der Waals surface area contributed by atoms with Gasteiger partial charge in [-0.1, -0.05) is 25.4 Å². The molecule has 4 N–H and O–H groups in total. The number of hydrogen-bond acceptors (Lipinski definition) is 5. The van der Waals surface area contributed by atoms with Crippen LogP contribution in [0, 0.1) is 5.92 Å². The highest BCUT2D eigenvalue weighted by atomic mass is 35.5. The molecule has 1 heterocycles. The van der Waals surface area contributed by atoms with Crippen LogP contribution >= 0.6 is 11.6 Å². The molecule has 2 aromatic rings. The van der Waals surface area contributed by atoms with Crippen molar-refractivity contribution in [1.82, 2.24) is 9.97 Å². The molecule has 0 aliphatic rings. The summed E-state index contributed by atoms with van der Waals surface area (Å²) in [6, 6.07) is 8.82. The van der Waals surface area contributed by atoms with Crippen LogP contribution < -0.4 is 16.4 Å². The van der Waals surface area contributed by atoms with Crippen LogP contribution in [0.2, 0.25) is 5.15 Å². The average Bonchev–Trinajstić information content (AvgIpc) is 2.39. The summed E-state index contributed by atoms with van der Waals surface area (Å²) in [5.74, 6) is 0.525. The summed E-state index contributed by atoms with van der Waals surface area (Å²) in [6.07, 6.45) is 0. The second-order valence-electron chi connectivity index (χ2n) is 4.78. The summed E-state index contributed by atoms with van der Waals surface area (Å²) in [5, 5.41) is 6.15. The number of rotatable bonds is 4. The van der Waals surface area contributed by atoms with E-state index >= 15 is 0 Å². The fourth-order valence-electron chi connectivity index (χ4n) is 1.57. The number of halogens is 1. The zero-order chi connectivity index (χ0) is 15.4. The Morgan fingerprint density at radius 2 is 1.81 bits per heavy atom. The van der Waals surface area contributed by atoms with Gasteiger partial charge in [-0.2, -0.15) is 4.98 Å². The first-order chi connectivity index (χ1) is 9.94. The summed E-state index contributed by atoms with van der Waals surface area (Å²) in [5.41, 5.74) is 7.06. The summed E-state index contributed by atoms with van der Waals surface area (Å²) in [7, 11) is 0. The molecule has 110 valence electrons. The molecule has 0 radical (unpaired) electrons. The normalized spacial score (nSPS) is 10.5. The van der Waals surface area contributed by atoms with Gasteiger partial charge in [0.15, 0.2) is 0 Å². The molecule has 0 atom stereocenters. The van der Waals surface area contributed by atoms with Crippen LogP contribution in [0.15, 0.2) is 30.3 Å². The van der Waals surface area contributed by atoms with E-state index in [1.165, 1.54) is 0 Å². The molecule has 0 aliphatic heterocycles. The van der Waals surface area contributed by atoms with Gasteiger partial charge in [-0.25, -0.2) is 4.98 Å². The summed E-state index contributed by atoms with van der Waals surface area (Å²) in [4.78, 5) is 19.4. The minimum atomic E-state index is -0.0612. The quantitative estimate of drug-likeness (QED) is 0.755. The Labute approximate surface area is 127 Å². The Hall–Kier alpha value is -2.34. The Balaban J connectivity index is 2.07. The summed E-state index contributed by atoms with van der Waals surface area (Å²) in [6.45, 7) is 3.68. The van der Waals surface area contributed by atoms with E-state index in [-0.39, 0.29) is 22.9 Å². The fraction of sp³-hybridized carbons (Fsp3) is 0.214. The van der Waals surface area contributed by atoms with Crippen molar-refractivity contribution >= 4 is 40.6 Å². The monoisotopic (exact) mass is 305 g/mol. The number of hydrogen-bond donors (Lipinski definition) is 3. The number of amides is 1. The van der Waals surface area contributed by atoms with Gasteiger partial charge in [-0.15, -0.1) is 0 Å². The lowest BCUT2D eigenvalue weighted by Crippen LogP contribution is -2.17. The first kappa shape index (κ1) is 15.1. The topological polar surface area (TPSA) is 92.9 Å². The van der Waals surface area contributed by atoms with Gasteiger partial charge >= 0.3 is 0 Å². The van der Waals surface area contributed by atoms with Crippen molar-refractivity contribution < 1.29 is 4.79 Å². The predicted molar refractivity (Wildman–Crippen MR) is 84.6 cm³/mol. The van der Waals surface area contributed by atoms with Crippen LogP contribution in [-0.4, -0.2) is 15.9 Å². The van der Waals surface area contributed by atoms with Gasteiger partial charge in [0.2, 0.25) is 11.9 Å². The van der Waals surface area contributed by atoms with Gasteiger partial charge in [0.1, 0.15) is 11.0 Å². The molecule has 0 saturated carbocycles. The number of carbonyl (C=O) groups is 1. The highest BCUT2D eigenvalue weighted by molar-refractivity contribution is 6.29. The molecule has 0 bridgehead atoms. The molecule has 0 fully saturated rings. The SMILES string of the molecule is CC(C)C(=O)Nc1ccc(Nc2cc(Cl)nc(N)n2)cc1. The molecule has 1 aromatic heterocycles. The smallest absolute Gasteiger partial charge is 0.226 e. The summed E-state index contributed by atoms with van der Waals surface area (Å²) >= 11 is 5.81. The molecule has 0 unspecified atom stereocenters. The number of nitrogens with zero attached hydrogens (tertiary/aromatic N) is 2. The van der Waals surface area contributed by atoms with E-state index in [4.69, 9.17) is 17.3 Å². The maximum absolute atomic E-state index is 11.6. The first-order valence-corrected chi connectivity index (χ1v) is 6.80. The van der Waals surface area contributed by atoms with Crippen molar-refractivity contribution in [3.8, 4) is 0 Å². The van der Waals surface area contributed by atoms with E-state index in [1.54, 1.807) is 18.2 Å². The van der Waals surface area contributed by atoms with Crippen LogP contribution in [0.4, 0.5) is 23.1 Å². The van der Waals surface area contributed by atoms with Crippen molar-refractivity contribution in [2.75, 3.05) is 16.4 Å². The molecular weight excluding hydrogens is 290 g/mol. The second kappa shape index (κ2) is 6.41. The van der Waals surface area contributed by atoms with E-state index in [9.17, 15) is 4.79 Å². The van der Waals surface area contributed by atoms with Crippen LogP contribution in [0.3, 0.4) is 0 Å². The number of aromatic nitrogens is 2. The van der Waals surface area contributed by atoms with E-state index in [0.717, 1.165) is 11.4 Å². The molecule has 0 saturated heterocycles. The van der Waals surface area contributed by atoms with Gasteiger partial charge in [-0.3, -0.25) is 4.79 Å². The standard InChI is InChI=1S/C14H16ClN5O/c1-8(2)13(21)18-10-5-3-9(4-6-10)17-12-7-11(15)19-14(16)20-12/h3-8H,1-2H3,(H,18,21)(H3,16,17,19,20). The van der Waals surface area contributed by atoms with Crippen molar-refractivity contribution in [2.45, 2.75) is 13.8 Å². The van der Waals surface area contributed by atoms with Gasteiger partial charge in [0.05, 0.1) is 0 Å². The average molecular weight is 306 g/mol. The number of carbonyl (C=O) groups excluding carboxylic acids is 1. The third-order valence-electron chi connectivity index (χ3n) is 2.66. The van der Waals surface area contributed by atoms with Crippen LogP contribution in [0.5, 0.6) is 0 Å². The van der Waals surface area contributed by atoms with E-state index in [2.05, 4.69) is 20.6 Å². The Morgan fingerprint density at radius 1 is 1.19 bits per heavy atom. The van der Waals surface area contributed by atoms with E-state index < -0.39 is 0 Å². The Kier molecular flexibility index (Phi) is 4.59. The maximum Gasteiger partial charge on any atom is 0.226 e. The molecule has 0 aliphatic carbocycles. The predicted octanol–water partition coefficient (Wildman–Crippen LogP) is 3.05. The van der Waals surface area contributed by atoms with Crippen LogP contribution in [-0.2, 0) is 4.79 Å². The highest BCUT2D eigenvalue weighted by Crippen LogP contribution is 2.20. The molecule has 7 heteroatoms. The highest BCUT2D eigenvalue weighted by Gasteiger charge is 2.07. The third kappa shape index (κ3) is 4.32. The van der Waals surface area contributed by atoms with Crippen molar-refractivity contribution in [3.05, 3.63) is 35.5 Å². The molecule has 0 spiro atoms. The second-order valence-corrected chi connectivity index (χ2v) is 5.17. The maximum atomic E-state index is 11.6. The molecule has 6 nitrogen and oxygen atoms in total. The lowest BCUT2D eigenvalue weighted by Gasteiger charge is -2.10. The molecule has 1 aromatic carbocycles. The van der Waals surface area contributed by atoms with E-state index in [0.29, 0.717) is 5.82 Å². The van der Waals surface area contributed by atoms with Crippen LogP contribution in [0.1, 0.15) is 13.8 Å². The number of benzene rings is 1. The molecular formula is C14H16ClN5O. The third-order valence-corrected chi connectivity index (χ3v) is 2.86. The lowest BCUT2D eigenvalue weighted by molar-refractivity contribution is -0.118. The zero-order valence-electron chi connectivity index (χ0n) is 11.7. The minimum absolute atomic E-state index is 0.0222. The Morgan fingerprint density at radius 3 is 2.38 bits per heavy atom. The van der Waals surface area contributed by atoms with Crippen molar-refractivity contribution in [3.63, 3.8) is 0 Å². The Bertz CT molecular complexity index is 622. The number of nitrogen functional groups attached to an aromatic ring is 1. The van der Waals surface area contributed by atoms with Crippen molar-refractivity contribution in [1.29, 1.82) is 0 Å². The van der Waals surface area contributed by atoms with Gasteiger partial charge in [0, 0.05) is 23.4 Å². The molecule has 1 amide bonds. The van der Waals surface area contributed by atoms with Gasteiger partial charge in [0.25, 0.3) is 0 Å². The zero-order valence-corrected chi connectivity index (χ0v) is 12.5. The van der Waals surface area contributed by atoms with Crippen molar-refractivity contribution in [2.24, 2.45) is 5.92 Å². The lowest BCUT2D eigenvalue weighted by atomic mass is 10.2. The van der Waals surface area contributed by atoms with Gasteiger partial charge < -0.3 is 16.4 Å². The molecule has 2 rings (SSSR count). The van der Waals surface area contributed by atoms with E-state index in [1.807, 2.05) is 26.0 Å². The largest absolute Gasteiger partial charge is 0.368 e. The number of anilines is 4. The molecule has 21 heavy (non-hydrogen) atoms. The van der Waals surface area contributed by atoms with Gasteiger partial charge in [-0.05, 0) is 24.3 Å². The number of nitrogens with two attached hydrogens (primary N) is 1. The number of nitrogens with one attached hydrogen (secondary N) is 2. The first-order valence-electron chi connectivity index (χ1n) is 6.42.